The predicted octanol–water partition coefficient (Wildman–Crippen LogP) is 4.21. The maximum absolute atomic E-state index is 12.5. The summed E-state index contributed by atoms with van der Waals surface area (Å²) in [6.07, 6.45) is 6.37. The number of unbranched alkanes of at least 4 members (excludes halogenated alkanes) is 1. The second kappa shape index (κ2) is 9.52. The molecule has 0 spiro atoms. The highest BCUT2D eigenvalue weighted by molar-refractivity contribution is 7.98. The first kappa shape index (κ1) is 18.6. The molecule has 0 radical (unpaired) electrons. The van der Waals surface area contributed by atoms with E-state index < -0.39 is 0 Å². The molecule has 24 heavy (non-hydrogen) atoms. The van der Waals surface area contributed by atoms with Crippen LogP contribution < -0.4 is 10.3 Å². The average Bonchev–Trinajstić information content (AvgIpc) is 2.59. The minimum absolute atomic E-state index is 0.0406. The fourth-order valence-electron chi connectivity index (χ4n) is 2.55. The normalized spacial score (nSPS) is 10.8. The summed E-state index contributed by atoms with van der Waals surface area (Å²) in [4.78, 5) is 20.0. The van der Waals surface area contributed by atoms with Gasteiger partial charge in [-0.25, -0.2) is 4.98 Å². The number of para-hydroxylation sites is 1. The van der Waals surface area contributed by atoms with Crippen molar-refractivity contribution in [3.63, 3.8) is 0 Å². The summed E-state index contributed by atoms with van der Waals surface area (Å²) in [6, 6.07) is 7.96. The Kier molecular flexibility index (Phi) is 7.37. The summed E-state index contributed by atoms with van der Waals surface area (Å²) in [7, 11) is 0. The Hall–Kier alpha value is -1.75. The van der Waals surface area contributed by atoms with Gasteiger partial charge in [0.1, 0.15) is 5.75 Å². The van der Waals surface area contributed by atoms with Crippen LogP contribution in [0.3, 0.4) is 0 Å². The van der Waals surface area contributed by atoms with E-state index in [0.717, 1.165) is 48.3 Å². The van der Waals surface area contributed by atoms with Gasteiger partial charge in [-0.3, -0.25) is 4.79 Å². The number of aryl methyl sites for hydroxylation is 1. The quantitative estimate of drug-likeness (QED) is 0.420. The van der Waals surface area contributed by atoms with Gasteiger partial charge in [0, 0.05) is 12.0 Å². The molecule has 130 valence electrons. The van der Waals surface area contributed by atoms with Crippen molar-refractivity contribution in [3.05, 3.63) is 51.4 Å². The minimum Gasteiger partial charge on any atom is -0.493 e. The number of thioether (sulfide) groups is 1. The van der Waals surface area contributed by atoms with Crippen molar-refractivity contribution in [2.24, 2.45) is 0 Å². The Balaban J connectivity index is 2.32. The number of nitrogens with zero attached hydrogens (tertiary/aromatic N) is 1. The van der Waals surface area contributed by atoms with Crippen molar-refractivity contribution in [1.82, 2.24) is 9.97 Å². The van der Waals surface area contributed by atoms with E-state index in [1.54, 1.807) is 0 Å². The van der Waals surface area contributed by atoms with Gasteiger partial charge in [0.05, 0.1) is 12.3 Å². The lowest BCUT2D eigenvalue weighted by atomic mass is 10.0. The van der Waals surface area contributed by atoms with E-state index in [4.69, 9.17) is 4.74 Å². The first-order chi connectivity index (χ1) is 11.7. The van der Waals surface area contributed by atoms with E-state index in [0.29, 0.717) is 18.2 Å². The van der Waals surface area contributed by atoms with Gasteiger partial charge in [0.25, 0.3) is 5.56 Å². The summed E-state index contributed by atoms with van der Waals surface area (Å²) < 4.78 is 5.90. The number of H-pyrrole nitrogens is 1. The molecule has 2 aromatic rings. The van der Waals surface area contributed by atoms with E-state index in [-0.39, 0.29) is 5.56 Å². The van der Waals surface area contributed by atoms with Crippen LogP contribution >= 0.6 is 11.8 Å². The van der Waals surface area contributed by atoms with Gasteiger partial charge in [-0.05, 0) is 30.7 Å². The van der Waals surface area contributed by atoms with Crippen molar-refractivity contribution < 1.29 is 4.74 Å². The molecule has 0 saturated carbocycles. The molecule has 0 amide bonds. The summed E-state index contributed by atoms with van der Waals surface area (Å²) in [5, 5.41) is 0.680. The molecule has 1 heterocycles. The maximum atomic E-state index is 12.5. The second-order valence-electron chi connectivity index (χ2n) is 5.74. The molecule has 5 heteroatoms. The summed E-state index contributed by atoms with van der Waals surface area (Å²) in [5.41, 5.74) is 2.64. The largest absolute Gasteiger partial charge is 0.493 e. The van der Waals surface area contributed by atoms with E-state index in [1.165, 1.54) is 11.8 Å². The highest BCUT2D eigenvalue weighted by Crippen LogP contribution is 2.22. The fourth-order valence-corrected chi connectivity index (χ4v) is 2.95. The number of nitrogens with one attached hydrogen (secondary N) is 1. The van der Waals surface area contributed by atoms with Gasteiger partial charge in [-0.2, -0.15) is 0 Å². The number of hydrogen-bond donors (Lipinski definition) is 1. The Morgan fingerprint density at radius 1 is 1.21 bits per heavy atom. The molecule has 0 saturated heterocycles. The van der Waals surface area contributed by atoms with Crippen molar-refractivity contribution >= 4 is 11.8 Å². The molecule has 0 aliphatic heterocycles. The number of aromatic amines is 1. The fraction of sp³-hybridized carbons (Fsp3) is 0.474. The van der Waals surface area contributed by atoms with Gasteiger partial charge in [0.15, 0.2) is 5.16 Å². The highest BCUT2D eigenvalue weighted by atomic mass is 32.2. The standard InChI is InChI=1S/C19H26N2O2S/c1-4-6-12-23-17-11-8-7-10-14(17)13-15-16(9-5-2)20-19(24-3)21-18(15)22/h7-8,10-11H,4-6,9,12-13H2,1-3H3,(H,20,21,22). The highest BCUT2D eigenvalue weighted by Gasteiger charge is 2.14. The van der Waals surface area contributed by atoms with Crippen LogP contribution in [0.4, 0.5) is 0 Å². The Morgan fingerprint density at radius 2 is 2.00 bits per heavy atom. The van der Waals surface area contributed by atoms with Crippen LogP contribution in [-0.4, -0.2) is 22.8 Å². The van der Waals surface area contributed by atoms with Crippen molar-refractivity contribution in [2.45, 2.75) is 51.1 Å². The molecule has 2 rings (SSSR count). The van der Waals surface area contributed by atoms with Crippen LogP contribution in [0.2, 0.25) is 0 Å². The van der Waals surface area contributed by atoms with E-state index in [1.807, 2.05) is 30.5 Å². The Labute approximate surface area is 148 Å². The number of ether oxygens (including phenoxy) is 1. The summed E-state index contributed by atoms with van der Waals surface area (Å²) in [6.45, 7) is 4.95. The third-order valence-corrected chi connectivity index (χ3v) is 4.43. The molecule has 1 aromatic carbocycles. The summed E-state index contributed by atoms with van der Waals surface area (Å²) >= 11 is 1.46. The SMILES string of the molecule is CCCCOc1ccccc1Cc1c(CCC)nc(SC)[nH]c1=O. The number of aromatic nitrogens is 2. The minimum atomic E-state index is -0.0406. The topological polar surface area (TPSA) is 55.0 Å². The molecule has 0 atom stereocenters. The van der Waals surface area contributed by atoms with Crippen LogP contribution in [0.15, 0.2) is 34.2 Å². The van der Waals surface area contributed by atoms with Gasteiger partial charge in [-0.1, -0.05) is 56.7 Å². The van der Waals surface area contributed by atoms with Gasteiger partial charge in [0.2, 0.25) is 0 Å². The van der Waals surface area contributed by atoms with E-state index in [9.17, 15) is 4.79 Å². The van der Waals surface area contributed by atoms with Crippen molar-refractivity contribution in [2.75, 3.05) is 12.9 Å². The molecular weight excluding hydrogens is 320 g/mol. The molecule has 0 aliphatic carbocycles. The first-order valence-electron chi connectivity index (χ1n) is 8.56. The third-order valence-electron chi connectivity index (χ3n) is 3.85. The van der Waals surface area contributed by atoms with Crippen LogP contribution in [0.25, 0.3) is 0 Å². The van der Waals surface area contributed by atoms with Crippen LogP contribution in [0.1, 0.15) is 49.9 Å². The van der Waals surface area contributed by atoms with Crippen LogP contribution in [-0.2, 0) is 12.8 Å². The first-order valence-corrected chi connectivity index (χ1v) is 9.78. The zero-order chi connectivity index (χ0) is 17.4. The molecule has 0 bridgehead atoms. The maximum Gasteiger partial charge on any atom is 0.255 e. The zero-order valence-corrected chi connectivity index (χ0v) is 15.5. The Morgan fingerprint density at radius 3 is 2.71 bits per heavy atom. The number of rotatable bonds is 9. The van der Waals surface area contributed by atoms with Gasteiger partial charge in [-0.15, -0.1) is 0 Å². The number of benzene rings is 1. The van der Waals surface area contributed by atoms with Gasteiger partial charge >= 0.3 is 0 Å². The Bertz CT molecular complexity index is 713. The third kappa shape index (κ3) is 4.87. The monoisotopic (exact) mass is 346 g/mol. The van der Waals surface area contributed by atoms with Crippen molar-refractivity contribution in [3.8, 4) is 5.75 Å². The second-order valence-corrected chi connectivity index (χ2v) is 6.53. The van der Waals surface area contributed by atoms with Crippen molar-refractivity contribution in [1.29, 1.82) is 0 Å². The van der Waals surface area contributed by atoms with Gasteiger partial charge < -0.3 is 9.72 Å². The number of hydrogen-bond acceptors (Lipinski definition) is 4. The summed E-state index contributed by atoms with van der Waals surface area (Å²) in [5.74, 6) is 0.863. The van der Waals surface area contributed by atoms with Crippen LogP contribution in [0.5, 0.6) is 5.75 Å². The molecule has 0 unspecified atom stereocenters. The van der Waals surface area contributed by atoms with E-state index >= 15 is 0 Å². The molecule has 0 fully saturated rings. The molecular formula is C19H26N2O2S. The zero-order valence-electron chi connectivity index (χ0n) is 14.7. The van der Waals surface area contributed by atoms with E-state index in [2.05, 4.69) is 23.8 Å². The molecule has 1 N–H and O–H groups in total. The lowest BCUT2D eigenvalue weighted by molar-refractivity contribution is 0.306. The average molecular weight is 346 g/mol. The lowest BCUT2D eigenvalue weighted by Crippen LogP contribution is -2.19. The molecule has 1 aromatic heterocycles. The predicted molar refractivity (Wildman–Crippen MR) is 100 cm³/mol. The lowest BCUT2D eigenvalue weighted by Gasteiger charge is -2.13. The molecule has 4 nitrogen and oxygen atoms in total. The van der Waals surface area contributed by atoms with Crippen LogP contribution in [0, 0.1) is 0 Å². The smallest absolute Gasteiger partial charge is 0.255 e. The molecule has 0 aliphatic rings.